The Balaban J connectivity index is 1.09. The number of piperidine rings is 2. The highest BCUT2D eigenvalue weighted by molar-refractivity contribution is 9.10. The third-order valence-electron chi connectivity index (χ3n) is 7.01. The standard InChI is InChI=1S/C28H31BrClN3O4/c29-24-13-18(1-4-26(24)36-21-5-9-31-10-6-21)17-33-11-7-20(8-12-33)32-28(35)16-22-15-25(34)23-3-2-19(30)14-27(23)37-22/h1-4,13-15,20-21,31H,5-12,16-17H2,(H,32,35). The highest BCUT2D eigenvalue weighted by Crippen LogP contribution is 2.29. The molecule has 0 saturated carbocycles. The van der Waals surface area contributed by atoms with Gasteiger partial charge in [0.05, 0.1) is 16.3 Å². The molecular weight excluding hydrogens is 558 g/mol. The van der Waals surface area contributed by atoms with Crippen molar-refractivity contribution in [1.29, 1.82) is 0 Å². The average molecular weight is 589 g/mol. The van der Waals surface area contributed by atoms with E-state index in [-0.39, 0.29) is 29.9 Å². The molecule has 1 aromatic heterocycles. The Labute approximate surface area is 229 Å². The fourth-order valence-corrected chi connectivity index (χ4v) is 5.71. The van der Waals surface area contributed by atoms with Gasteiger partial charge < -0.3 is 19.8 Å². The maximum absolute atomic E-state index is 12.6. The molecule has 2 N–H and O–H groups in total. The summed E-state index contributed by atoms with van der Waals surface area (Å²) in [5, 5.41) is 7.41. The molecule has 2 aromatic carbocycles. The number of rotatable bonds is 7. The van der Waals surface area contributed by atoms with Crippen molar-refractivity contribution >= 4 is 44.4 Å². The number of hydrogen-bond acceptors (Lipinski definition) is 6. The van der Waals surface area contributed by atoms with Gasteiger partial charge in [0, 0.05) is 42.8 Å². The van der Waals surface area contributed by atoms with Crippen LogP contribution >= 0.6 is 27.5 Å². The highest BCUT2D eigenvalue weighted by atomic mass is 79.9. The molecule has 3 aromatic rings. The van der Waals surface area contributed by atoms with E-state index in [2.05, 4.69) is 49.7 Å². The van der Waals surface area contributed by atoms with Gasteiger partial charge >= 0.3 is 0 Å². The highest BCUT2D eigenvalue weighted by Gasteiger charge is 2.22. The number of nitrogens with zero attached hydrogens (tertiary/aromatic N) is 1. The predicted octanol–water partition coefficient (Wildman–Crippen LogP) is 4.66. The third-order valence-corrected chi connectivity index (χ3v) is 7.87. The molecule has 3 heterocycles. The lowest BCUT2D eigenvalue weighted by Crippen LogP contribution is -2.44. The minimum absolute atomic E-state index is 0.0255. The van der Waals surface area contributed by atoms with E-state index in [4.69, 9.17) is 20.8 Å². The van der Waals surface area contributed by atoms with Crippen LogP contribution in [-0.2, 0) is 17.8 Å². The summed E-state index contributed by atoms with van der Waals surface area (Å²) in [6.45, 7) is 4.68. The summed E-state index contributed by atoms with van der Waals surface area (Å²) >= 11 is 9.70. The van der Waals surface area contributed by atoms with Crippen molar-refractivity contribution in [2.45, 2.75) is 50.8 Å². The van der Waals surface area contributed by atoms with E-state index >= 15 is 0 Å². The van der Waals surface area contributed by atoms with Crippen LogP contribution in [0, 0.1) is 0 Å². The number of ether oxygens (including phenoxy) is 1. The second kappa shape index (κ2) is 12.0. The second-order valence-corrected chi connectivity index (χ2v) is 11.1. The molecule has 37 heavy (non-hydrogen) atoms. The van der Waals surface area contributed by atoms with Crippen LogP contribution in [0.5, 0.6) is 5.75 Å². The molecule has 0 aliphatic carbocycles. The van der Waals surface area contributed by atoms with Gasteiger partial charge in [-0.2, -0.15) is 0 Å². The van der Waals surface area contributed by atoms with Crippen LogP contribution in [0.2, 0.25) is 5.02 Å². The summed E-state index contributed by atoms with van der Waals surface area (Å²) < 4.78 is 12.9. The summed E-state index contributed by atoms with van der Waals surface area (Å²) in [5.41, 5.74) is 1.46. The molecule has 0 unspecified atom stereocenters. The number of fused-ring (bicyclic) bond motifs is 1. The van der Waals surface area contributed by atoms with Crippen molar-refractivity contribution in [2.75, 3.05) is 26.2 Å². The minimum Gasteiger partial charge on any atom is -0.489 e. The van der Waals surface area contributed by atoms with Crippen LogP contribution < -0.4 is 20.8 Å². The van der Waals surface area contributed by atoms with Crippen LogP contribution in [0.1, 0.15) is 37.0 Å². The monoisotopic (exact) mass is 587 g/mol. The molecule has 9 heteroatoms. The molecule has 7 nitrogen and oxygen atoms in total. The first-order chi connectivity index (χ1) is 17.9. The molecule has 0 spiro atoms. The van der Waals surface area contributed by atoms with E-state index in [1.54, 1.807) is 18.2 Å². The first-order valence-corrected chi connectivity index (χ1v) is 14.0. The number of amides is 1. The summed E-state index contributed by atoms with van der Waals surface area (Å²) in [6, 6.07) is 12.7. The summed E-state index contributed by atoms with van der Waals surface area (Å²) in [6.07, 6.45) is 4.12. The van der Waals surface area contributed by atoms with Gasteiger partial charge in [0.25, 0.3) is 0 Å². The van der Waals surface area contributed by atoms with Gasteiger partial charge in [-0.3, -0.25) is 14.5 Å². The van der Waals surface area contributed by atoms with Crippen LogP contribution in [0.25, 0.3) is 11.0 Å². The van der Waals surface area contributed by atoms with E-state index in [1.165, 1.54) is 11.6 Å². The Kier molecular flexibility index (Phi) is 8.49. The van der Waals surface area contributed by atoms with Crippen molar-refractivity contribution in [3.05, 3.63) is 73.5 Å². The van der Waals surface area contributed by atoms with E-state index in [0.717, 1.165) is 68.6 Å². The molecular formula is C28H31BrClN3O4. The van der Waals surface area contributed by atoms with Gasteiger partial charge in [-0.05, 0) is 84.5 Å². The van der Waals surface area contributed by atoms with E-state index in [1.807, 2.05) is 0 Å². The summed E-state index contributed by atoms with van der Waals surface area (Å²) in [5.74, 6) is 1.10. The Morgan fingerprint density at radius 1 is 1.11 bits per heavy atom. The first-order valence-electron chi connectivity index (χ1n) is 12.8. The Bertz CT molecular complexity index is 1320. The number of hydrogen-bond donors (Lipinski definition) is 2. The van der Waals surface area contributed by atoms with Gasteiger partial charge in [-0.15, -0.1) is 0 Å². The number of carbonyl (C=O) groups excluding carboxylic acids is 1. The fraction of sp³-hybridized carbons (Fsp3) is 0.429. The van der Waals surface area contributed by atoms with Crippen LogP contribution in [-0.4, -0.2) is 49.1 Å². The predicted molar refractivity (Wildman–Crippen MR) is 148 cm³/mol. The number of likely N-dealkylation sites (tertiary alicyclic amines) is 1. The second-order valence-electron chi connectivity index (χ2n) is 9.84. The average Bonchev–Trinajstić information content (AvgIpc) is 2.87. The summed E-state index contributed by atoms with van der Waals surface area (Å²) in [7, 11) is 0. The third kappa shape index (κ3) is 6.93. The smallest absolute Gasteiger partial charge is 0.227 e. The van der Waals surface area contributed by atoms with Gasteiger partial charge in [-0.1, -0.05) is 17.7 Å². The Morgan fingerprint density at radius 2 is 1.89 bits per heavy atom. The van der Waals surface area contributed by atoms with Gasteiger partial charge in [0.2, 0.25) is 5.91 Å². The van der Waals surface area contributed by atoms with Crippen molar-refractivity contribution < 1.29 is 13.9 Å². The van der Waals surface area contributed by atoms with Crippen molar-refractivity contribution in [1.82, 2.24) is 15.5 Å². The molecule has 0 bridgehead atoms. The van der Waals surface area contributed by atoms with Gasteiger partial charge in [-0.25, -0.2) is 0 Å². The van der Waals surface area contributed by atoms with E-state index in [9.17, 15) is 9.59 Å². The largest absolute Gasteiger partial charge is 0.489 e. The molecule has 196 valence electrons. The van der Waals surface area contributed by atoms with E-state index < -0.39 is 0 Å². The van der Waals surface area contributed by atoms with Gasteiger partial charge in [0.1, 0.15) is 23.2 Å². The lowest BCUT2D eigenvalue weighted by molar-refractivity contribution is -0.121. The van der Waals surface area contributed by atoms with E-state index in [0.29, 0.717) is 21.8 Å². The summed E-state index contributed by atoms with van der Waals surface area (Å²) in [4.78, 5) is 27.4. The van der Waals surface area contributed by atoms with Crippen LogP contribution in [0.4, 0.5) is 0 Å². The topological polar surface area (TPSA) is 83.8 Å². The molecule has 0 atom stereocenters. The quantitative estimate of drug-likeness (QED) is 0.418. The zero-order valence-corrected chi connectivity index (χ0v) is 22.9. The molecule has 2 fully saturated rings. The van der Waals surface area contributed by atoms with Crippen LogP contribution in [0.3, 0.4) is 0 Å². The van der Waals surface area contributed by atoms with Crippen molar-refractivity contribution in [3.63, 3.8) is 0 Å². The Hall–Kier alpha value is -2.39. The number of halogens is 2. The zero-order valence-electron chi connectivity index (χ0n) is 20.6. The SMILES string of the molecule is O=C(Cc1cc(=O)c2ccc(Cl)cc2o1)NC1CCN(Cc2ccc(OC3CCNCC3)c(Br)c2)CC1. The maximum atomic E-state index is 12.6. The lowest BCUT2D eigenvalue weighted by atomic mass is 10.0. The molecule has 2 aliphatic heterocycles. The number of nitrogens with one attached hydrogen (secondary N) is 2. The van der Waals surface area contributed by atoms with Gasteiger partial charge in [0.15, 0.2) is 5.43 Å². The first kappa shape index (κ1) is 26.2. The maximum Gasteiger partial charge on any atom is 0.227 e. The van der Waals surface area contributed by atoms with Crippen molar-refractivity contribution in [3.8, 4) is 5.75 Å². The number of carbonyl (C=O) groups is 1. The van der Waals surface area contributed by atoms with Crippen LogP contribution in [0.15, 0.2) is 56.1 Å². The molecule has 2 aliphatic rings. The molecule has 2 saturated heterocycles. The molecule has 5 rings (SSSR count). The Morgan fingerprint density at radius 3 is 2.65 bits per heavy atom. The normalized spacial score (nSPS) is 17.7. The minimum atomic E-state index is -0.174. The zero-order chi connectivity index (χ0) is 25.8. The fourth-order valence-electron chi connectivity index (χ4n) is 5.03. The molecule has 0 radical (unpaired) electrons. The number of benzene rings is 2. The van der Waals surface area contributed by atoms with Crippen molar-refractivity contribution in [2.24, 2.45) is 0 Å². The molecule has 1 amide bonds. The lowest BCUT2D eigenvalue weighted by Gasteiger charge is -2.32.